The molecule has 0 bridgehead atoms. The second kappa shape index (κ2) is 7.53. The molecular weight excluding hydrogens is 356 g/mol. The number of pyridine rings is 2. The number of nitrogens with zero attached hydrogens (tertiary/aromatic N) is 1. The number of aromatic amines is 1. The molecular formula is C19H17F2N3O3. The molecule has 140 valence electrons. The van der Waals surface area contributed by atoms with Crippen molar-refractivity contribution in [1.82, 2.24) is 15.3 Å². The van der Waals surface area contributed by atoms with E-state index in [0.717, 1.165) is 12.1 Å². The van der Waals surface area contributed by atoms with Crippen LogP contribution in [0.15, 0.2) is 41.3 Å². The summed E-state index contributed by atoms with van der Waals surface area (Å²) in [6.45, 7) is 1.58. The Kier molecular flexibility index (Phi) is 5.16. The topological polar surface area (TPSA) is 84.1 Å². The first-order valence-corrected chi connectivity index (χ1v) is 8.18. The zero-order valence-corrected chi connectivity index (χ0v) is 14.7. The van der Waals surface area contributed by atoms with Gasteiger partial charge in [0, 0.05) is 23.4 Å². The number of ether oxygens (including phenoxy) is 1. The third-order valence-electron chi connectivity index (χ3n) is 4.16. The molecule has 1 aromatic carbocycles. The fourth-order valence-electron chi connectivity index (χ4n) is 2.83. The van der Waals surface area contributed by atoms with E-state index in [1.54, 1.807) is 19.1 Å². The highest BCUT2D eigenvalue weighted by molar-refractivity contribution is 5.85. The van der Waals surface area contributed by atoms with E-state index in [9.17, 15) is 18.4 Å². The number of hydrogen-bond acceptors (Lipinski definition) is 4. The molecule has 27 heavy (non-hydrogen) atoms. The van der Waals surface area contributed by atoms with Crippen molar-refractivity contribution in [3.8, 4) is 5.88 Å². The van der Waals surface area contributed by atoms with Gasteiger partial charge in [-0.3, -0.25) is 9.59 Å². The lowest BCUT2D eigenvalue weighted by Crippen LogP contribution is -2.30. The van der Waals surface area contributed by atoms with Gasteiger partial charge in [0.2, 0.25) is 11.8 Å². The highest BCUT2D eigenvalue weighted by Crippen LogP contribution is 2.21. The molecule has 8 heteroatoms. The van der Waals surface area contributed by atoms with Crippen molar-refractivity contribution < 1.29 is 18.3 Å². The van der Waals surface area contributed by atoms with E-state index in [1.165, 1.54) is 19.4 Å². The quantitative estimate of drug-likeness (QED) is 0.720. The molecule has 1 amide bonds. The lowest BCUT2D eigenvalue weighted by atomic mass is 10.1. The van der Waals surface area contributed by atoms with E-state index < -0.39 is 29.1 Å². The van der Waals surface area contributed by atoms with Gasteiger partial charge in [0.15, 0.2) is 0 Å². The normalized spacial score (nSPS) is 12.0. The molecule has 0 aliphatic rings. The Labute approximate surface area is 153 Å². The number of amides is 1. The van der Waals surface area contributed by atoms with Gasteiger partial charge >= 0.3 is 0 Å². The average Bonchev–Trinajstić information content (AvgIpc) is 2.61. The van der Waals surface area contributed by atoms with Crippen molar-refractivity contribution in [3.05, 3.63) is 69.6 Å². The fraction of sp³-hybridized carbons (Fsp3) is 0.211. The van der Waals surface area contributed by atoms with Crippen LogP contribution >= 0.6 is 0 Å². The van der Waals surface area contributed by atoms with Crippen LogP contribution in [0.2, 0.25) is 0 Å². The molecule has 2 N–H and O–H groups in total. The van der Waals surface area contributed by atoms with Gasteiger partial charge in [-0.2, -0.15) is 0 Å². The summed E-state index contributed by atoms with van der Waals surface area (Å²) in [7, 11) is 1.46. The van der Waals surface area contributed by atoms with E-state index in [1.807, 2.05) is 0 Å². The molecule has 0 radical (unpaired) electrons. The van der Waals surface area contributed by atoms with Gasteiger partial charge in [0.1, 0.15) is 11.6 Å². The van der Waals surface area contributed by atoms with Gasteiger partial charge in [0.25, 0.3) is 5.56 Å². The van der Waals surface area contributed by atoms with Crippen molar-refractivity contribution in [3.63, 3.8) is 0 Å². The molecule has 2 heterocycles. The second-order valence-corrected chi connectivity index (χ2v) is 6.04. The van der Waals surface area contributed by atoms with Gasteiger partial charge in [-0.25, -0.2) is 13.8 Å². The van der Waals surface area contributed by atoms with Crippen molar-refractivity contribution in [2.45, 2.75) is 19.4 Å². The Morgan fingerprint density at radius 1 is 1.30 bits per heavy atom. The Hall–Kier alpha value is -3.29. The van der Waals surface area contributed by atoms with Crippen LogP contribution in [0, 0.1) is 11.6 Å². The maximum Gasteiger partial charge on any atom is 0.252 e. The Morgan fingerprint density at radius 2 is 2.07 bits per heavy atom. The minimum Gasteiger partial charge on any atom is -0.481 e. The molecule has 1 atom stereocenters. The number of carbonyl (C=O) groups excluding carboxylic acids is 1. The SMILES string of the molecule is COc1nccc2[nH]c(=O)c(CC(=O)N[C@@H](C)c3ccc(F)cc3F)cc12. The summed E-state index contributed by atoms with van der Waals surface area (Å²) in [5, 5.41) is 3.18. The molecule has 0 spiro atoms. The Balaban J connectivity index is 1.81. The summed E-state index contributed by atoms with van der Waals surface area (Å²) in [6.07, 6.45) is 1.29. The number of aromatic nitrogens is 2. The molecule has 2 aromatic heterocycles. The zero-order chi connectivity index (χ0) is 19.6. The third-order valence-corrected chi connectivity index (χ3v) is 4.16. The van der Waals surface area contributed by atoms with E-state index in [0.29, 0.717) is 16.8 Å². The summed E-state index contributed by atoms with van der Waals surface area (Å²) in [5.74, 6) is -1.59. The molecule has 0 unspecified atom stereocenters. The van der Waals surface area contributed by atoms with Crippen molar-refractivity contribution >= 4 is 16.8 Å². The number of fused-ring (bicyclic) bond motifs is 1. The molecule has 0 fully saturated rings. The standard InChI is InChI=1S/C19H17F2N3O3/c1-10(13-4-3-12(20)9-15(13)21)23-17(25)8-11-7-14-16(24-18(11)26)5-6-22-19(14)27-2/h3-7,9-10H,8H2,1-2H3,(H,23,25)(H,24,26)/t10-/m0/s1. The second-order valence-electron chi connectivity index (χ2n) is 6.04. The van der Waals surface area contributed by atoms with Crippen LogP contribution in [-0.2, 0) is 11.2 Å². The molecule has 0 saturated heterocycles. The minimum absolute atomic E-state index is 0.156. The smallest absolute Gasteiger partial charge is 0.252 e. The van der Waals surface area contributed by atoms with Crippen LogP contribution in [0.25, 0.3) is 10.9 Å². The van der Waals surface area contributed by atoms with E-state index in [-0.39, 0.29) is 17.5 Å². The number of rotatable bonds is 5. The van der Waals surface area contributed by atoms with Crippen molar-refractivity contribution in [2.75, 3.05) is 7.11 Å². The van der Waals surface area contributed by atoms with Crippen LogP contribution in [0.3, 0.4) is 0 Å². The summed E-state index contributed by atoms with van der Waals surface area (Å²) in [6, 6.07) is 5.63. The van der Waals surface area contributed by atoms with Crippen LogP contribution < -0.4 is 15.6 Å². The summed E-state index contributed by atoms with van der Waals surface area (Å²) < 4.78 is 32.0. The van der Waals surface area contributed by atoms with Crippen LogP contribution in [0.5, 0.6) is 5.88 Å². The van der Waals surface area contributed by atoms with Gasteiger partial charge < -0.3 is 15.0 Å². The molecule has 0 aliphatic heterocycles. The number of hydrogen-bond donors (Lipinski definition) is 2. The van der Waals surface area contributed by atoms with E-state index in [4.69, 9.17) is 4.74 Å². The van der Waals surface area contributed by atoms with Crippen molar-refractivity contribution in [2.24, 2.45) is 0 Å². The molecule has 0 saturated carbocycles. The Bertz CT molecular complexity index is 1070. The molecule has 6 nitrogen and oxygen atoms in total. The number of halogens is 2. The van der Waals surface area contributed by atoms with Gasteiger partial charge in [-0.1, -0.05) is 6.07 Å². The van der Waals surface area contributed by atoms with Crippen molar-refractivity contribution in [1.29, 1.82) is 0 Å². The molecule has 3 aromatic rings. The lowest BCUT2D eigenvalue weighted by Gasteiger charge is -2.15. The first-order chi connectivity index (χ1) is 12.9. The van der Waals surface area contributed by atoms with Gasteiger partial charge in [-0.05, 0) is 25.1 Å². The zero-order valence-electron chi connectivity index (χ0n) is 14.7. The first kappa shape index (κ1) is 18.5. The number of nitrogens with one attached hydrogen (secondary N) is 2. The number of carbonyl (C=O) groups is 1. The first-order valence-electron chi connectivity index (χ1n) is 8.18. The average molecular weight is 373 g/mol. The van der Waals surface area contributed by atoms with Crippen LogP contribution in [0.1, 0.15) is 24.1 Å². The largest absolute Gasteiger partial charge is 0.481 e. The highest BCUT2D eigenvalue weighted by Gasteiger charge is 2.16. The van der Waals surface area contributed by atoms with Gasteiger partial charge in [-0.15, -0.1) is 0 Å². The van der Waals surface area contributed by atoms with E-state index >= 15 is 0 Å². The third kappa shape index (κ3) is 3.94. The molecule has 3 rings (SSSR count). The minimum atomic E-state index is -0.748. The van der Waals surface area contributed by atoms with Crippen LogP contribution in [0.4, 0.5) is 8.78 Å². The van der Waals surface area contributed by atoms with Crippen LogP contribution in [-0.4, -0.2) is 23.0 Å². The summed E-state index contributed by atoms with van der Waals surface area (Å²) in [4.78, 5) is 31.3. The predicted octanol–water partition coefficient (Wildman–Crippen LogP) is 2.63. The van der Waals surface area contributed by atoms with Gasteiger partial charge in [0.05, 0.1) is 30.5 Å². The van der Waals surface area contributed by atoms with E-state index in [2.05, 4.69) is 15.3 Å². The monoisotopic (exact) mass is 373 g/mol. The maximum atomic E-state index is 13.8. The number of methoxy groups -OCH3 is 1. The Morgan fingerprint density at radius 3 is 2.78 bits per heavy atom. The fourth-order valence-corrected chi connectivity index (χ4v) is 2.83. The maximum absolute atomic E-state index is 13.8. The molecule has 0 aliphatic carbocycles. The number of benzene rings is 1. The lowest BCUT2D eigenvalue weighted by molar-refractivity contribution is -0.121. The summed E-state index contributed by atoms with van der Waals surface area (Å²) in [5.41, 5.74) is 0.505. The highest BCUT2D eigenvalue weighted by atomic mass is 19.1. The predicted molar refractivity (Wildman–Crippen MR) is 95.5 cm³/mol. The number of H-pyrrole nitrogens is 1. The summed E-state index contributed by atoms with van der Waals surface area (Å²) >= 11 is 0.